The van der Waals surface area contributed by atoms with E-state index < -0.39 is 0 Å². The fourth-order valence-electron chi connectivity index (χ4n) is 2.19. The predicted octanol–water partition coefficient (Wildman–Crippen LogP) is 3.48. The molecule has 21 heavy (non-hydrogen) atoms. The van der Waals surface area contributed by atoms with Gasteiger partial charge in [0.1, 0.15) is 0 Å². The Labute approximate surface area is 126 Å². The van der Waals surface area contributed by atoms with Gasteiger partial charge in [-0.25, -0.2) is 4.98 Å². The van der Waals surface area contributed by atoms with Crippen LogP contribution in [0.4, 0.5) is 11.5 Å². The van der Waals surface area contributed by atoms with Gasteiger partial charge in [-0.2, -0.15) is 0 Å². The maximum Gasteiger partial charge on any atom is 0.171 e. The van der Waals surface area contributed by atoms with Gasteiger partial charge in [0.25, 0.3) is 0 Å². The molecule has 0 bridgehead atoms. The number of rotatable bonds is 7. The smallest absolute Gasteiger partial charge is 0.171 e. The summed E-state index contributed by atoms with van der Waals surface area (Å²) < 4.78 is 5.80. The van der Waals surface area contributed by atoms with Crippen LogP contribution < -0.4 is 15.4 Å². The Balaban J connectivity index is 2.20. The molecule has 1 aromatic carbocycles. The second-order valence-corrected chi connectivity index (χ2v) is 4.93. The van der Waals surface area contributed by atoms with Crippen LogP contribution in [0.5, 0.6) is 5.75 Å². The third kappa shape index (κ3) is 4.12. The van der Waals surface area contributed by atoms with Gasteiger partial charge in [0.2, 0.25) is 0 Å². The van der Waals surface area contributed by atoms with Gasteiger partial charge in [-0.1, -0.05) is 19.1 Å². The van der Waals surface area contributed by atoms with Crippen LogP contribution in [0.2, 0.25) is 0 Å². The number of hydrogen-bond acceptors (Lipinski definition) is 4. The molecule has 0 saturated carbocycles. The van der Waals surface area contributed by atoms with Crippen LogP contribution in [0.3, 0.4) is 0 Å². The summed E-state index contributed by atoms with van der Waals surface area (Å²) >= 11 is 0. The summed E-state index contributed by atoms with van der Waals surface area (Å²) in [5, 5.41) is 0. The molecule has 0 fully saturated rings. The van der Waals surface area contributed by atoms with Crippen LogP contribution in [0, 0.1) is 0 Å². The zero-order valence-electron chi connectivity index (χ0n) is 12.7. The fraction of sp³-hybridized carbons (Fsp3) is 0.353. The van der Waals surface area contributed by atoms with Gasteiger partial charge in [0.05, 0.1) is 6.61 Å². The Bertz CT molecular complexity index is 571. The molecule has 2 rings (SSSR count). The number of anilines is 2. The molecule has 0 unspecified atom stereocenters. The van der Waals surface area contributed by atoms with Gasteiger partial charge in [-0.05, 0) is 43.2 Å². The standard InChI is InChI=1S/C17H23N3O/c1-3-11-21-16-9-6-10-19-17(16)20(4-2)13-14-7-5-8-15(18)12-14/h5-10,12H,3-4,11,13,18H2,1-2H3. The summed E-state index contributed by atoms with van der Waals surface area (Å²) in [7, 11) is 0. The molecule has 4 heteroatoms. The van der Waals surface area contributed by atoms with Crippen LogP contribution in [0.1, 0.15) is 25.8 Å². The molecule has 2 aromatic rings. The topological polar surface area (TPSA) is 51.4 Å². The van der Waals surface area contributed by atoms with Gasteiger partial charge >= 0.3 is 0 Å². The lowest BCUT2D eigenvalue weighted by Crippen LogP contribution is -2.24. The van der Waals surface area contributed by atoms with Crippen molar-refractivity contribution in [2.45, 2.75) is 26.8 Å². The maximum absolute atomic E-state index is 5.85. The van der Waals surface area contributed by atoms with E-state index in [4.69, 9.17) is 10.5 Å². The number of pyridine rings is 1. The Morgan fingerprint density at radius 2 is 2.05 bits per heavy atom. The molecule has 0 radical (unpaired) electrons. The van der Waals surface area contributed by atoms with E-state index in [0.29, 0.717) is 6.61 Å². The van der Waals surface area contributed by atoms with Crippen LogP contribution >= 0.6 is 0 Å². The molecular formula is C17H23N3O. The van der Waals surface area contributed by atoms with Crippen LogP contribution in [0.25, 0.3) is 0 Å². The fourth-order valence-corrected chi connectivity index (χ4v) is 2.19. The highest BCUT2D eigenvalue weighted by atomic mass is 16.5. The van der Waals surface area contributed by atoms with Gasteiger partial charge in [-0.15, -0.1) is 0 Å². The van der Waals surface area contributed by atoms with E-state index in [1.807, 2.05) is 30.3 Å². The molecule has 0 atom stereocenters. The summed E-state index contributed by atoms with van der Waals surface area (Å²) in [6, 6.07) is 11.8. The third-order valence-corrected chi connectivity index (χ3v) is 3.22. The lowest BCUT2D eigenvalue weighted by molar-refractivity contribution is 0.316. The van der Waals surface area contributed by atoms with E-state index in [-0.39, 0.29) is 0 Å². The number of aromatic nitrogens is 1. The Hall–Kier alpha value is -2.23. The van der Waals surface area contributed by atoms with Crippen LogP contribution in [0.15, 0.2) is 42.6 Å². The number of ether oxygens (including phenoxy) is 1. The second kappa shape index (κ2) is 7.53. The number of benzene rings is 1. The molecule has 0 aliphatic rings. The highest BCUT2D eigenvalue weighted by molar-refractivity contribution is 5.53. The van der Waals surface area contributed by atoms with E-state index in [9.17, 15) is 0 Å². The molecule has 2 N–H and O–H groups in total. The molecule has 0 spiro atoms. The van der Waals surface area contributed by atoms with Gasteiger partial charge in [0, 0.05) is 25.0 Å². The zero-order valence-corrected chi connectivity index (χ0v) is 12.7. The van der Waals surface area contributed by atoms with Crippen LogP contribution in [-0.4, -0.2) is 18.1 Å². The lowest BCUT2D eigenvalue weighted by atomic mass is 10.2. The Morgan fingerprint density at radius 3 is 2.76 bits per heavy atom. The van der Waals surface area contributed by atoms with Gasteiger partial charge in [0.15, 0.2) is 11.6 Å². The number of nitrogen functional groups attached to an aromatic ring is 1. The molecule has 0 saturated heterocycles. The van der Waals surface area contributed by atoms with Crippen molar-refractivity contribution < 1.29 is 4.74 Å². The Kier molecular flexibility index (Phi) is 5.43. The minimum Gasteiger partial charge on any atom is -0.490 e. The predicted molar refractivity (Wildman–Crippen MR) is 87.6 cm³/mol. The molecule has 0 aliphatic heterocycles. The zero-order chi connectivity index (χ0) is 15.1. The number of nitrogens with two attached hydrogens (primary N) is 1. The van der Waals surface area contributed by atoms with Crippen molar-refractivity contribution in [3.8, 4) is 5.75 Å². The maximum atomic E-state index is 5.85. The first-order chi connectivity index (χ1) is 10.2. The van der Waals surface area contributed by atoms with Crippen molar-refractivity contribution in [2.75, 3.05) is 23.8 Å². The number of nitrogens with zero attached hydrogens (tertiary/aromatic N) is 2. The molecular weight excluding hydrogens is 262 g/mol. The summed E-state index contributed by atoms with van der Waals surface area (Å²) in [4.78, 5) is 6.69. The lowest BCUT2D eigenvalue weighted by Gasteiger charge is -2.24. The average Bonchev–Trinajstić information content (AvgIpc) is 2.51. The van der Waals surface area contributed by atoms with Crippen molar-refractivity contribution >= 4 is 11.5 Å². The Morgan fingerprint density at radius 1 is 1.19 bits per heavy atom. The summed E-state index contributed by atoms with van der Waals surface area (Å²) in [6.45, 7) is 6.54. The highest BCUT2D eigenvalue weighted by Gasteiger charge is 2.12. The van der Waals surface area contributed by atoms with Crippen molar-refractivity contribution in [1.29, 1.82) is 0 Å². The largest absolute Gasteiger partial charge is 0.490 e. The molecule has 0 amide bonds. The molecule has 1 heterocycles. The van der Waals surface area contributed by atoms with E-state index >= 15 is 0 Å². The molecule has 112 valence electrons. The van der Waals surface area contributed by atoms with E-state index in [1.54, 1.807) is 6.20 Å². The minimum atomic E-state index is 0.703. The van der Waals surface area contributed by atoms with Crippen molar-refractivity contribution in [3.05, 3.63) is 48.2 Å². The van der Waals surface area contributed by atoms with Gasteiger partial charge < -0.3 is 15.4 Å². The molecule has 1 aromatic heterocycles. The normalized spacial score (nSPS) is 10.4. The van der Waals surface area contributed by atoms with Crippen molar-refractivity contribution in [1.82, 2.24) is 4.98 Å². The summed E-state index contributed by atoms with van der Waals surface area (Å²) in [5.74, 6) is 1.72. The monoisotopic (exact) mass is 285 g/mol. The first-order valence-electron chi connectivity index (χ1n) is 7.41. The van der Waals surface area contributed by atoms with Crippen molar-refractivity contribution in [2.24, 2.45) is 0 Å². The van der Waals surface area contributed by atoms with Crippen molar-refractivity contribution in [3.63, 3.8) is 0 Å². The van der Waals surface area contributed by atoms with E-state index in [2.05, 4.69) is 29.8 Å². The number of hydrogen-bond donors (Lipinski definition) is 1. The SMILES string of the molecule is CCCOc1cccnc1N(CC)Cc1cccc(N)c1. The summed E-state index contributed by atoms with van der Waals surface area (Å²) in [5.41, 5.74) is 7.81. The molecule has 4 nitrogen and oxygen atoms in total. The average molecular weight is 285 g/mol. The molecule has 0 aliphatic carbocycles. The van der Waals surface area contributed by atoms with Crippen LogP contribution in [-0.2, 0) is 6.54 Å². The third-order valence-electron chi connectivity index (χ3n) is 3.22. The first-order valence-corrected chi connectivity index (χ1v) is 7.41. The minimum absolute atomic E-state index is 0.703. The van der Waals surface area contributed by atoms with E-state index in [1.165, 1.54) is 5.56 Å². The summed E-state index contributed by atoms with van der Waals surface area (Å²) in [6.07, 6.45) is 2.78. The second-order valence-electron chi connectivity index (χ2n) is 4.93. The first kappa shape index (κ1) is 15.2. The highest BCUT2D eigenvalue weighted by Crippen LogP contribution is 2.26. The quantitative estimate of drug-likeness (QED) is 0.791. The van der Waals surface area contributed by atoms with Gasteiger partial charge in [-0.3, -0.25) is 0 Å². The van der Waals surface area contributed by atoms with E-state index in [0.717, 1.165) is 36.8 Å².